The number of nitro benzene ring substituents is 2. The van der Waals surface area contributed by atoms with Crippen molar-refractivity contribution in [2.24, 2.45) is 0 Å². The number of benzene rings is 2. The fourth-order valence-electron chi connectivity index (χ4n) is 2.39. The average Bonchev–Trinajstić information content (AvgIpc) is 3.09. The summed E-state index contributed by atoms with van der Waals surface area (Å²) < 4.78 is 43.8. The van der Waals surface area contributed by atoms with Crippen LogP contribution < -0.4 is 5.32 Å². The number of anilines is 2. The third-order valence-corrected chi connectivity index (χ3v) is 3.65. The molecule has 0 amide bonds. The number of nitro groups is 2. The maximum atomic E-state index is 12.9. The van der Waals surface area contributed by atoms with Gasteiger partial charge in [-0.3, -0.25) is 20.2 Å². The summed E-state index contributed by atoms with van der Waals surface area (Å²) in [5.41, 5.74) is -3.56. The molecule has 12 heteroatoms. The first kappa shape index (κ1) is 18.8. The van der Waals surface area contributed by atoms with Crippen molar-refractivity contribution in [3.8, 4) is 11.3 Å². The van der Waals surface area contributed by atoms with Crippen LogP contribution in [0.15, 0.2) is 53.1 Å². The van der Waals surface area contributed by atoms with Gasteiger partial charge in [-0.2, -0.15) is 13.2 Å². The monoisotopic (exact) mass is 394 g/mol. The highest BCUT2D eigenvalue weighted by Crippen LogP contribution is 2.42. The molecule has 0 fully saturated rings. The summed E-state index contributed by atoms with van der Waals surface area (Å²) in [4.78, 5) is 20.1. The Morgan fingerprint density at radius 2 is 1.54 bits per heavy atom. The molecule has 144 valence electrons. The molecule has 0 saturated heterocycles. The number of hydrogen-bond donors (Lipinski definition) is 1. The molecule has 0 aliphatic carbocycles. The number of hydrogen-bond acceptors (Lipinski definition) is 7. The summed E-state index contributed by atoms with van der Waals surface area (Å²) in [6, 6.07) is 10.3. The van der Waals surface area contributed by atoms with Crippen LogP contribution in [0.4, 0.5) is 36.1 Å². The van der Waals surface area contributed by atoms with Crippen molar-refractivity contribution >= 4 is 22.9 Å². The third-order valence-electron chi connectivity index (χ3n) is 3.65. The Labute approximate surface area is 153 Å². The van der Waals surface area contributed by atoms with E-state index in [1.54, 1.807) is 30.3 Å². The number of halogens is 3. The molecular formula is C16H9F3N4O5. The van der Waals surface area contributed by atoms with Crippen molar-refractivity contribution in [2.75, 3.05) is 5.32 Å². The number of nitrogens with zero attached hydrogens (tertiary/aromatic N) is 3. The van der Waals surface area contributed by atoms with Gasteiger partial charge in [-0.05, 0) is 0 Å². The van der Waals surface area contributed by atoms with E-state index in [2.05, 4.69) is 10.5 Å². The topological polar surface area (TPSA) is 124 Å². The largest absolute Gasteiger partial charge is 0.416 e. The lowest BCUT2D eigenvalue weighted by Gasteiger charge is -2.10. The fourth-order valence-corrected chi connectivity index (χ4v) is 2.39. The quantitative estimate of drug-likeness (QED) is 0.481. The minimum atomic E-state index is -5.00. The molecule has 0 radical (unpaired) electrons. The molecule has 3 rings (SSSR count). The van der Waals surface area contributed by atoms with Crippen molar-refractivity contribution in [3.05, 3.63) is 74.3 Å². The van der Waals surface area contributed by atoms with E-state index in [0.29, 0.717) is 11.3 Å². The Kier molecular flexibility index (Phi) is 4.69. The summed E-state index contributed by atoms with van der Waals surface area (Å²) in [7, 11) is 0. The summed E-state index contributed by atoms with van der Waals surface area (Å²) in [5, 5.41) is 28.5. The van der Waals surface area contributed by atoms with Crippen LogP contribution in [-0.2, 0) is 6.18 Å². The highest BCUT2D eigenvalue weighted by molar-refractivity contribution is 5.79. The highest BCUT2D eigenvalue weighted by atomic mass is 19.4. The first-order chi connectivity index (χ1) is 13.2. The second-order valence-corrected chi connectivity index (χ2v) is 5.47. The van der Waals surface area contributed by atoms with E-state index in [9.17, 15) is 33.4 Å². The number of rotatable bonds is 5. The van der Waals surface area contributed by atoms with Crippen LogP contribution in [0.1, 0.15) is 5.56 Å². The van der Waals surface area contributed by atoms with Gasteiger partial charge in [0.05, 0.1) is 15.4 Å². The molecule has 1 heterocycles. The Hall–Kier alpha value is -3.96. The Morgan fingerprint density at radius 3 is 2.04 bits per heavy atom. The van der Waals surface area contributed by atoms with Crippen molar-refractivity contribution in [1.82, 2.24) is 5.16 Å². The molecule has 0 spiro atoms. The predicted molar refractivity (Wildman–Crippen MR) is 90.0 cm³/mol. The van der Waals surface area contributed by atoms with Crippen LogP contribution >= 0.6 is 0 Å². The molecule has 3 aromatic rings. The lowest BCUT2D eigenvalue weighted by atomic mass is 10.1. The van der Waals surface area contributed by atoms with Crippen molar-refractivity contribution < 1.29 is 27.5 Å². The molecule has 1 N–H and O–H groups in total. The lowest BCUT2D eigenvalue weighted by Crippen LogP contribution is -2.09. The molecular weight excluding hydrogens is 385 g/mol. The van der Waals surface area contributed by atoms with E-state index < -0.39 is 38.6 Å². The second kappa shape index (κ2) is 6.98. The minimum Gasteiger partial charge on any atom is -0.338 e. The van der Waals surface area contributed by atoms with Gasteiger partial charge in [0, 0.05) is 23.8 Å². The summed E-state index contributed by atoms with van der Waals surface area (Å²) >= 11 is 0. The molecule has 2 aromatic carbocycles. The van der Waals surface area contributed by atoms with Gasteiger partial charge in [0.25, 0.3) is 0 Å². The van der Waals surface area contributed by atoms with Gasteiger partial charge >= 0.3 is 17.6 Å². The van der Waals surface area contributed by atoms with E-state index in [-0.39, 0.29) is 18.0 Å². The molecule has 9 nitrogen and oxygen atoms in total. The first-order valence-corrected chi connectivity index (χ1v) is 7.50. The normalized spacial score (nSPS) is 11.2. The Morgan fingerprint density at radius 1 is 0.964 bits per heavy atom. The Balaban J connectivity index is 2.07. The average molecular weight is 394 g/mol. The zero-order valence-corrected chi connectivity index (χ0v) is 13.6. The molecule has 0 aliphatic heterocycles. The van der Waals surface area contributed by atoms with Crippen LogP contribution in [-0.4, -0.2) is 15.0 Å². The van der Waals surface area contributed by atoms with E-state index >= 15 is 0 Å². The first-order valence-electron chi connectivity index (χ1n) is 7.50. The smallest absolute Gasteiger partial charge is 0.338 e. The van der Waals surface area contributed by atoms with E-state index in [0.717, 1.165) is 0 Å². The van der Waals surface area contributed by atoms with Gasteiger partial charge in [-0.25, -0.2) is 0 Å². The number of alkyl halides is 3. The van der Waals surface area contributed by atoms with E-state index in [1.165, 1.54) is 6.07 Å². The van der Waals surface area contributed by atoms with Gasteiger partial charge < -0.3 is 9.84 Å². The molecule has 0 bridgehead atoms. The minimum absolute atomic E-state index is 0.212. The van der Waals surface area contributed by atoms with E-state index in [4.69, 9.17) is 4.52 Å². The SMILES string of the molecule is O=[N+]([O-])c1cc(C(F)(F)F)cc([N+](=O)[O-])c1Nc1cc(-c2ccccc2)no1. The fraction of sp³-hybridized carbons (Fsp3) is 0.0625. The molecule has 0 atom stereocenters. The van der Waals surface area contributed by atoms with Crippen molar-refractivity contribution in [1.29, 1.82) is 0 Å². The van der Waals surface area contributed by atoms with Crippen LogP contribution in [0.3, 0.4) is 0 Å². The van der Waals surface area contributed by atoms with Gasteiger partial charge in [0.15, 0.2) is 5.69 Å². The molecule has 28 heavy (non-hydrogen) atoms. The van der Waals surface area contributed by atoms with Crippen molar-refractivity contribution in [3.63, 3.8) is 0 Å². The van der Waals surface area contributed by atoms with Gasteiger partial charge in [0.2, 0.25) is 5.88 Å². The summed E-state index contributed by atoms with van der Waals surface area (Å²) in [6.07, 6.45) is -5.00. The molecule has 0 aliphatic rings. The molecule has 0 unspecified atom stereocenters. The van der Waals surface area contributed by atoms with Crippen molar-refractivity contribution in [2.45, 2.75) is 6.18 Å². The van der Waals surface area contributed by atoms with Crippen LogP contribution in [0, 0.1) is 20.2 Å². The maximum absolute atomic E-state index is 12.9. The molecule has 0 saturated carbocycles. The van der Waals surface area contributed by atoms with Gasteiger partial charge in [-0.15, -0.1) is 0 Å². The standard InChI is InChI=1S/C16H9F3N4O5/c17-16(18,19)10-6-12(22(24)25)15(13(7-10)23(26)27)20-14-8-11(21-28-14)9-4-2-1-3-5-9/h1-8,20H. The second-order valence-electron chi connectivity index (χ2n) is 5.47. The molecule has 1 aromatic heterocycles. The predicted octanol–water partition coefficient (Wildman–Crippen LogP) is 4.92. The van der Waals surface area contributed by atoms with Gasteiger partial charge in [-0.1, -0.05) is 35.5 Å². The van der Waals surface area contributed by atoms with E-state index in [1.807, 2.05) is 0 Å². The zero-order valence-electron chi connectivity index (χ0n) is 13.6. The zero-order chi connectivity index (χ0) is 20.5. The number of aromatic nitrogens is 1. The van der Waals surface area contributed by atoms with Gasteiger partial charge in [0.1, 0.15) is 5.69 Å². The van der Waals surface area contributed by atoms with Crippen LogP contribution in [0.5, 0.6) is 0 Å². The Bertz CT molecular complexity index is 1010. The third kappa shape index (κ3) is 3.75. The van der Waals surface area contributed by atoms with Crippen LogP contribution in [0.25, 0.3) is 11.3 Å². The maximum Gasteiger partial charge on any atom is 0.416 e. The number of nitrogens with one attached hydrogen (secondary N) is 1. The lowest BCUT2D eigenvalue weighted by molar-refractivity contribution is -0.392. The summed E-state index contributed by atoms with van der Waals surface area (Å²) in [5.74, 6) is -0.218. The van der Waals surface area contributed by atoms with Crippen LogP contribution in [0.2, 0.25) is 0 Å². The summed E-state index contributed by atoms with van der Waals surface area (Å²) in [6.45, 7) is 0. The highest BCUT2D eigenvalue weighted by Gasteiger charge is 2.38.